The van der Waals surface area contributed by atoms with Gasteiger partial charge in [-0.05, 0) is 48.7 Å². The first-order valence-electron chi connectivity index (χ1n) is 9.92. The summed E-state index contributed by atoms with van der Waals surface area (Å²) in [6, 6.07) is 13.2. The number of methoxy groups -OCH3 is 1. The minimum atomic E-state index is -0.519. The topological polar surface area (TPSA) is 109 Å². The van der Waals surface area contributed by atoms with E-state index in [9.17, 15) is 5.26 Å². The largest absolute Gasteiger partial charge is 0.393 e. The van der Waals surface area contributed by atoms with Crippen LogP contribution in [0.3, 0.4) is 0 Å². The Balaban J connectivity index is 1.89. The van der Waals surface area contributed by atoms with Crippen molar-refractivity contribution in [3.05, 3.63) is 69.5 Å². The summed E-state index contributed by atoms with van der Waals surface area (Å²) in [4.78, 5) is 8.48. The molecule has 0 amide bonds. The Bertz CT molecular complexity index is 1130. The summed E-state index contributed by atoms with van der Waals surface area (Å²) in [6.45, 7) is 4.40. The summed E-state index contributed by atoms with van der Waals surface area (Å²) in [5.41, 5.74) is 9.81. The second-order valence-electron chi connectivity index (χ2n) is 7.41. The predicted octanol–water partition coefficient (Wildman–Crippen LogP) is 5.52. The molecule has 0 spiro atoms. The van der Waals surface area contributed by atoms with Gasteiger partial charge in [-0.25, -0.2) is 9.97 Å². The molecule has 0 saturated carbocycles. The van der Waals surface area contributed by atoms with Crippen molar-refractivity contribution in [3.63, 3.8) is 0 Å². The molecule has 1 aromatic heterocycles. The third-order valence-electron chi connectivity index (χ3n) is 4.92. The Morgan fingerprint density at radius 2 is 1.84 bits per heavy atom. The molecule has 4 N–H and O–H groups in total. The van der Waals surface area contributed by atoms with Gasteiger partial charge in [0.15, 0.2) is 11.6 Å². The molecule has 0 radical (unpaired) electrons. The summed E-state index contributed by atoms with van der Waals surface area (Å²) in [7, 11) is 1.63. The zero-order valence-corrected chi connectivity index (χ0v) is 19.5. The van der Waals surface area contributed by atoms with Crippen molar-refractivity contribution in [2.24, 2.45) is 0 Å². The number of hydrogen-bond acceptors (Lipinski definition) is 7. The van der Waals surface area contributed by atoms with Crippen molar-refractivity contribution in [2.45, 2.75) is 25.8 Å². The molecule has 0 bridgehead atoms. The minimum absolute atomic E-state index is 0.0243. The van der Waals surface area contributed by atoms with E-state index >= 15 is 0 Å². The number of nitrogens with zero attached hydrogens (tertiary/aromatic N) is 3. The van der Waals surface area contributed by atoms with Gasteiger partial charge in [-0.2, -0.15) is 5.26 Å². The molecule has 166 valence electrons. The van der Waals surface area contributed by atoms with Gasteiger partial charge in [0.05, 0.1) is 18.6 Å². The maximum atomic E-state index is 9.79. The summed E-state index contributed by atoms with van der Waals surface area (Å²) in [6.07, 6.45) is 1.43. The van der Waals surface area contributed by atoms with Crippen molar-refractivity contribution >= 4 is 46.2 Å². The number of aromatic nitrogens is 2. The van der Waals surface area contributed by atoms with E-state index in [1.54, 1.807) is 25.3 Å². The fourth-order valence-electron chi connectivity index (χ4n) is 3.30. The monoisotopic (exact) mass is 470 g/mol. The molecule has 0 fully saturated rings. The molecule has 0 aliphatic carbocycles. The quantitative estimate of drug-likeness (QED) is 0.397. The van der Waals surface area contributed by atoms with Crippen molar-refractivity contribution in [3.8, 4) is 6.07 Å². The number of nitrogens with two attached hydrogens (primary N) is 1. The molecule has 2 unspecified atom stereocenters. The van der Waals surface area contributed by atoms with Crippen molar-refractivity contribution in [2.75, 3.05) is 30.1 Å². The number of benzene rings is 2. The van der Waals surface area contributed by atoms with Crippen LogP contribution in [-0.4, -0.2) is 29.7 Å². The van der Waals surface area contributed by atoms with Crippen LogP contribution in [0.1, 0.15) is 29.5 Å². The van der Waals surface area contributed by atoms with Crippen LogP contribution in [-0.2, 0) is 4.74 Å². The van der Waals surface area contributed by atoms with Crippen LogP contribution in [0.5, 0.6) is 0 Å². The van der Waals surface area contributed by atoms with E-state index in [0.29, 0.717) is 39.5 Å². The summed E-state index contributed by atoms with van der Waals surface area (Å²) in [5.74, 6) is 0.447. The van der Waals surface area contributed by atoms with Crippen molar-refractivity contribution in [1.82, 2.24) is 9.97 Å². The van der Waals surface area contributed by atoms with Crippen LogP contribution in [0.15, 0.2) is 42.7 Å². The molecule has 0 saturated heterocycles. The molecule has 2 atom stereocenters. The zero-order valence-electron chi connectivity index (χ0n) is 18.0. The lowest BCUT2D eigenvalue weighted by atomic mass is 9.91. The van der Waals surface area contributed by atoms with Gasteiger partial charge < -0.3 is 21.1 Å². The van der Waals surface area contributed by atoms with Gasteiger partial charge in [0, 0.05) is 28.9 Å². The highest BCUT2D eigenvalue weighted by atomic mass is 35.5. The van der Waals surface area contributed by atoms with E-state index in [2.05, 4.69) is 26.7 Å². The Hall–Kier alpha value is -3.05. The molecule has 9 heteroatoms. The molecule has 3 aromatic rings. The third-order valence-corrected chi connectivity index (χ3v) is 5.50. The number of nitrogen functional groups attached to an aromatic ring is 1. The average molecular weight is 471 g/mol. The number of hydrogen-bond donors (Lipinski definition) is 3. The lowest BCUT2D eigenvalue weighted by Gasteiger charge is -2.18. The van der Waals surface area contributed by atoms with Crippen LogP contribution in [0.25, 0.3) is 0 Å². The average Bonchev–Trinajstić information content (AvgIpc) is 2.76. The molecule has 0 aliphatic rings. The molecule has 7 nitrogen and oxygen atoms in total. The van der Waals surface area contributed by atoms with Crippen LogP contribution in [0, 0.1) is 18.3 Å². The normalized spacial score (nSPS) is 12.6. The minimum Gasteiger partial charge on any atom is -0.393 e. The second-order valence-corrected chi connectivity index (χ2v) is 8.26. The molecule has 0 aliphatic heterocycles. The van der Waals surface area contributed by atoms with Gasteiger partial charge in [-0.3, -0.25) is 0 Å². The lowest BCUT2D eigenvalue weighted by molar-refractivity contribution is 0.190. The maximum absolute atomic E-state index is 9.79. The van der Waals surface area contributed by atoms with Crippen molar-refractivity contribution < 1.29 is 4.74 Å². The first-order chi connectivity index (χ1) is 15.3. The van der Waals surface area contributed by atoms with E-state index in [0.717, 1.165) is 16.8 Å². The zero-order chi connectivity index (χ0) is 23.3. The number of nitrogens with one attached hydrogen (secondary N) is 2. The summed E-state index contributed by atoms with van der Waals surface area (Å²) >= 11 is 12.6. The third kappa shape index (κ3) is 5.40. The van der Waals surface area contributed by atoms with Gasteiger partial charge in [0.2, 0.25) is 0 Å². The van der Waals surface area contributed by atoms with Gasteiger partial charge in [0.1, 0.15) is 12.0 Å². The Morgan fingerprint density at radius 1 is 1.16 bits per heavy atom. The Morgan fingerprint density at radius 3 is 2.50 bits per heavy atom. The standard InChI is InChI=1S/C23H24Cl2N6O/c1-13-8-17(18(10-26)15-4-6-16(24)7-5-15)19(25)9-20(13)31-23-21(27)22(28-12-29-23)30-14(2)11-32-3/h4-9,12,14,18H,11,27H2,1-3H3,(H2,28,29,30,31). The second kappa shape index (κ2) is 10.5. The molecule has 1 heterocycles. The Labute approximate surface area is 197 Å². The van der Waals surface area contributed by atoms with Gasteiger partial charge in [-0.1, -0.05) is 41.4 Å². The summed E-state index contributed by atoms with van der Waals surface area (Å²) in [5, 5.41) is 17.3. The SMILES string of the molecule is COCC(C)Nc1ncnc(Nc2cc(Cl)c(C(C#N)c3ccc(Cl)cc3)cc2C)c1N. The highest BCUT2D eigenvalue weighted by Crippen LogP contribution is 2.36. The number of anilines is 4. The van der Waals surface area contributed by atoms with E-state index in [1.807, 2.05) is 32.0 Å². The molecule has 2 aromatic carbocycles. The van der Waals surface area contributed by atoms with Crippen molar-refractivity contribution in [1.29, 1.82) is 5.26 Å². The number of nitriles is 1. The van der Waals surface area contributed by atoms with Gasteiger partial charge in [-0.15, -0.1) is 0 Å². The van der Waals surface area contributed by atoms with E-state index < -0.39 is 5.92 Å². The van der Waals surface area contributed by atoms with E-state index in [-0.39, 0.29) is 6.04 Å². The smallest absolute Gasteiger partial charge is 0.159 e. The summed E-state index contributed by atoms with van der Waals surface area (Å²) < 4.78 is 5.14. The van der Waals surface area contributed by atoms with Gasteiger partial charge >= 0.3 is 0 Å². The first kappa shape index (κ1) is 23.6. The van der Waals surface area contributed by atoms with Crippen LogP contribution < -0.4 is 16.4 Å². The number of ether oxygens (including phenoxy) is 1. The van der Waals surface area contributed by atoms with Crippen LogP contribution in [0.2, 0.25) is 10.0 Å². The number of halogens is 2. The van der Waals surface area contributed by atoms with E-state index in [4.69, 9.17) is 33.7 Å². The molecule has 3 rings (SSSR count). The number of rotatable bonds is 8. The number of aryl methyl sites for hydroxylation is 1. The molecular formula is C23H24Cl2N6O. The highest BCUT2D eigenvalue weighted by Gasteiger charge is 2.19. The first-order valence-corrected chi connectivity index (χ1v) is 10.7. The van der Waals surface area contributed by atoms with Crippen LogP contribution >= 0.6 is 23.2 Å². The van der Waals surface area contributed by atoms with E-state index in [1.165, 1.54) is 6.33 Å². The molecule has 32 heavy (non-hydrogen) atoms. The Kier molecular flexibility index (Phi) is 7.75. The lowest BCUT2D eigenvalue weighted by Crippen LogP contribution is -2.22. The fraction of sp³-hybridized carbons (Fsp3) is 0.261. The molecular weight excluding hydrogens is 447 g/mol. The van der Waals surface area contributed by atoms with Crippen LogP contribution in [0.4, 0.5) is 23.0 Å². The predicted molar refractivity (Wildman–Crippen MR) is 130 cm³/mol. The fourth-order valence-corrected chi connectivity index (χ4v) is 3.70. The highest BCUT2D eigenvalue weighted by molar-refractivity contribution is 6.32. The van der Waals surface area contributed by atoms with Gasteiger partial charge in [0.25, 0.3) is 0 Å². The maximum Gasteiger partial charge on any atom is 0.159 e.